The number of rotatable bonds is 5. The van der Waals surface area contributed by atoms with Gasteiger partial charge in [0.05, 0.1) is 0 Å². The van der Waals surface area contributed by atoms with Crippen LogP contribution in [0.1, 0.15) is 31.7 Å². The summed E-state index contributed by atoms with van der Waals surface area (Å²) in [6.07, 6.45) is 2.69. The molecule has 1 fully saturated rings. The standard InChI is InChI=1S/C14H20BrFN2O2S/c1-2-17-10-11-8-12(15)9-13(14(11)16)21(19,20)18-6-4-3-5-7-18/h8-9,17H,2-7,10H2,1H3. The van der Waals surface area contributed by atoms with E-state index < -0.39 is 15.8 Å². The van der Waals surface area contributed by atoms with Crippen LogP contribution in [0.2, 0.25) is 0 Å². The second kappa shape index (κ2) is 7.17. The Balaban J connectivity index is 2.39. The van der Waals surface area contributed by atoms with Gasteiger partial charge < -0.3 is 5.32 Å². The third-order valence-corrected chi connectivity index (χ3v) is 5.93. The van der Waals surface area contributed by atoms with E-state index in [0.717, 1.165) is 19.3 Å². The van der Waals surface area contributed by atoms with Crippen molar-refractivity contribution < 1.29 is 12.8 Å². The summed E-state index contributed by atoms with van der Waals surface area (Å²) in [6.45, 7) is 3.86. The fourth-order valence-corrected chi connectivity index (χ4v) is 4.75. The Morgan fingerprint density at radius 3 is 2.57 bits per heavy atom. The highest BCUT2D eigenvalue weighted by Gasteiger charge is 2.30. The summed E-state index contributed by atoms with van der Waals surface area (Å²) >= 11 is 3.28. The molecule has 1 heterocycles. The Hall–Kier alpha value is -0.500. The number of hydrogen-bond acceptors (Lipinski definition) is 3. The molecule has 1 N–H and O–H groups in total. The van der Waals surface area contributed by atoms with Gasteiger partial charge in [0.25, 0.3) is 0 Å². The van der Waals surface area contributed by atoms with E-state index in [0.29, 0.717) is 36.2 Å². The van der Waals surface area contributed by atoms with Crippen molar-refractivity contribution >= 4 is 26.0 Å². The van der Waals surface area contributed by atoms with E-state index in [4.69, 9.17) is 0 Å². The lowest BCUT2D eigenvalue weighted by molar-refractivity contribution is 0.345. The van der Waals surface area contributed by atoms with E-state index in [2.05, 4.69) is 21.2 Å². The summed E-state index contributed by atoms with van der Waals surface area (Å²) in [7, 11) is -3.76. The Morgan fingerprint density at radius 1 is 1.29 bits per heavy atom. The van der Waals surface area contributed by atoms with Crippen molar-refractivity contribution in [3.05, 3.63) is 28.0 Å². The zero-order valence-electron chi connectivity index (χ0n) is 12.0. The average Bonchev–Trinajstić information content (AvgIpc) is 2.48. The van der Waals surface area contributed by atoms with Crippen LogP contribution in [0.25, 0.3) is 0 Å². The van der Waals surface area contributed by atoms with Gasteiger partial charge >= 0.3 is 0 Å². The third-order valence-electron chi connectivity index (χ3n) is 3.58. The van der Waals surface area contributed by atoms with Crippen LogP contribution in [0, 0.1) is 5.82 Å². The van der Waals surface area contributed by atoms with E-state index >= 15 is 0 Å². The first-order valence-corrected chi connectivity index (χ1v) is 9.39. The van der Waals surface area contributed by atoms with Gasteiger partial charge in [-0.05, 0) is 31.5 Å². The summed E-state index contributed by atoms with van der Waals surface area (Å²) in [5.74, 6) is -0.648. The predicted octanol–water partition coefficient (Wildman–Crippen LogP) is 2.87. The molecular formula is C14H20BrFN2O2S. The first-order valence-electron chi connectivity index (χ1n) is 7.15. The highest BCUT2D eigenvalue weighted by atomic mass is 79.9. The highest BCUT2D eigenvalue weighted by Crippen LogP contribution is 2.28. The molecule has 0 amide bonds. The van der Waals surface area contributed by atoms with Crippen LogP contribution >= 0.6 is 15.9 Å². The summed E-state index contributed by atoms with van der Waals surface area (Å²) in [6, 6.07) is 2.97. The Labute approximate surface area is 133 Å². The smallest absolute Gasteiger partial charge is 0.246 e. The van der Waals surface area contributed by atoms with E-state index in [1.54, 1.807) is 6.07 Å². The largest absolute Gasteiger partial charge is 0.313 e. The molecule has 0 aliphatic carbocycles. The molecule has 0 atom stereocenters. The molecule has 1 aliphatic heterocycles. The minimum absolute atomic E-state index is 0.230. The molecule has 1 aliphatic rings. The third kappa shape index (κ3) is 3.83. The topological polar surface area (TPSA) is 49.4 Å². The Kier molecular flexibility index (Phi) is 5.76. The monoisotopic (exact) mass is 378 g/mol. The molecule has 7 heteroatoms. The van der Waals surface area contributed by atoms with E-state index in [1.165, 1.54) is 10.4 Å². The molecule has 0 spiro atoms. The van der Waals surface area contributed by atoms with Crippen molar-refractivity contribution in [3.8, 4) is 0 Å². The van der Waals surface area contributed by atoms with Crippen molar-refractivity contribution in [2.45, 2.75) is 37.6 Å². The maximum atomic E-state index is 14.6. The highest BCUT2D eigenvalue weighted by molar-refractivity contribution is 9.10. The van der Waals surface area contributed by atoms with Gasteiger partial charge in [0.1, 0.15) is 10.7 Å². The van der Waals surface area contributed by atoms with Gasteiger partial charge in [-0.15, -0.1) is 0 Å². The first kappa shape index (κ1) is 16.9. The van der Waals surface area contributed by atoms with E-state index in [-0.39, 0.29) is 4.90 Å². The first-order chi connectivity index (χ1) is 9.96. The van der Waals surface area contributed by atoms with Crippen LogP contribution in [-0.4, -0.2) is 32.4 Å². The van der Waals surface area contributed by atoms with E-state index in [9.17, 15) is 12.8 Å². The predicted molar refractivity (Wildman–Crippen MR) is 84.1 cm³/mol. The maximum absolute atomic E-state index is 14.6. The average molecular weight is 379 g/mol. The fraction of sp³-hybridized carbons (Fsp3) is 0.571. The maximum Gasteiger partial charge on any atom is 0.246 e. The number of piperidine rings is 1. The van der Waals surface area contributed by atoms with Crippen LogP contribution in [0.5, 0.6) is 0 Å². The van der Waals surface area contributed by atoms with Gasteiger partial charge in [0.2, 0.25) is 10.0 Å². The Morgan fingerprint density at radius 2 is 1.95 bits per heavy atom. The fourth-order valence-electron chi connectivity index (χ4n) is 2.44. The van der Waals surface area contributed by atoms with Gasteiger partial charge in [0, 0.05) is 29.7 Å². The molecule has 0 unspecified atom stereocenters. The van der Waals surface area contributed by atoms with Gasteiger partial charge in [0.15, 0.2) is 0 Å². The lowest BCUT2D eigenvalue weighted by Gasteiger charge is -2.26. The van der Waals surface area contributed by atoms with Crippen molar-refractivity contribution in [1.82, 2.24) is 9.62 Å². The minimum atomic E-state index is -3.76. The molecular weight excluding hydrogens is 359 g/mol. The molecule has 2 rings (SSSR count). The van der Waals surface area contributed by atoms with E-state index in [1.807, 2.05) is 6.92 Å². The molecule has 1 saturated heterocycles. The van der Waals surface area contributed by atoms with Gasteiger partial charge in [-0.1, -0.05) is 29.3 Å². The summed E-state index contributed by atoms with van der Waals surface area (Å²) in [4.78, 5) is -0.230. The van der Waals surface area contributed by atoms with Crippen molar-refractivity contribution in [3.63, 3.8) is 0 Å². The molecule has 118 valence electrons. The number of nitrogens with one attached hydrogen (secondary N) is 1. The molecule has 1 aromatic rings. The van der Waals surface area contributed by atoms with Crippen LogP contribution in [-0.2, 0) is 16.6 Å². The van der Waals surface area contributed by atoms with Crippen molar-refractivity contribution in [1.29, 1.82) is 0 Å². The molecule has 4 nitrogen and oxygen atoms in total. The number of hydrogen-bond donors (Lipinski definition) is 1. The summed E-state index contributed by atoms with van der Waals surface area (Å²) in [5, 5.41) is 3.02. The number of benzene rings is 1. The Bertz CT molecular complexity index is 601. The van der Waals surface area contributed by atoms with Crippen molar-refractivity contribution in [2.75, 3.05) is 19.6 Å². The second-order valence-electron chi connectivity index (χ2n) is 5.12. The van der Waals surface area contributed by atoms with Gasteiger partial charge in [-0.3, -0.25) is 0 Å². The van der Waals surface area contributed by atoms with Crippen LogP contribution in [0.3, 0.4) is 0 Å². The molecule has 0 saturated carbocycles. The van der Waals surface area contributed by atoms with Crippen molar-refractivity contribution in [2.24, 2.45) is 0 Å². The van der Waals surface area contributed by atoms with Crippen LogP contribution in [0.15, 0.2) is 21.5 Å². The molecule has 21 heavy (non-hydrogen) atoms. The molecule has 0 bridgehead atoms. The van der Waals surface area contributed by atoms with Crippen LogP contribution < -0.4 is 5.32 Å². The molecule has 0 aromatic heterocycles. The summed E-state index contributed by atoms with van der Waals surface area (Å²) < 4.78 is 41.8. The molecule has 0 radical (unpaired) electrons. The van der Waals surface area contributed by atoms with Gasteiger partial charge in [-0.2, -0.15) is 4.31 Å². The van der Waals surface area contributed by atoms with Crippen LogP contribution in [0.4, 0.5) is 4.39 Å². The van der Waals surface area contributed by atoms with Gasteiger partial charge in [-0.25, -0.2) is 12.8 Å². The SMILES string of the molecule is CCNCc1cc(Br)cc(S(=O)(=O)N2CCCCC2)c1F. The number of halogens is 2. The lowest BCUT2D eigenvalue weighted by atomic mass is 10.2. The number of sulfonamides is 1. The second-order valence-corrected chi connectivity index (χ2v) is 7.94. The summed E-state index contributed by atoms with van der Waals surface area (Å²) in [5.41, 5.74) is 0.363. The quantitative estimate of drug-likeness (QED) is 0.856. The lowest BCUT2D eigenvalue weighted by Crippen LogP contribution is -2.36. The zero-order valence-corrected chi connectivity index (χ0v) is 14.4. The zero-order chi connectivity index (χ0) is 15.5. The molecule has 1 aromatic carbocycles. The number of nitrogens with zero attached hydrogens (tertiary/aromatic N) is 1. The normalized spacial score (nSPS) is 17.1. The minimum Gasteiger partial charge on any atom is -0.313 e.